The van der Waals surface area contributed by atoms with Gasteiger partial charge in [0.05, 0.1) is 17.3 Å². The van der Waals surface area contributed by atoms with Gasteiger partial charge in [0.25, 0.3) is 5.91 Å². The largest absolute Gasteiger partial charge is 0.354 e. The van der Waals surface area contributed by atoms with Crippen molar-refractivity contribution in [2.75, 3.05) is 0 Å². The van der Waals surface area contributed by atoms with Crippen LogP contribution in [0.2, 0.25) is 0 Å². The van der Waals surface area contributed by atoms with E-state index in [4.69, 9.17) is 0 Å². The molecule has 0 saturated carbocycles. The molecule has 2 aromatic rings. The second-order valence-electron chi connectivity index (χ2n) is 5.12. The summed E-state index contributed by atoms with van der Waals surface area (Å²) < 4.78 is 1.94. The topological polar surface area (TPSA) is 46.9 Å². The van der Waals surface area contributed by atoms with Crippen molar-refractivity contribution >= 4 is 5.91 Å². The van der Waals surface area contributed by atoms with Crippen molar-refractivity contribution in [3.05, 3.63) is 53.1 Å². The molecule has 0 aliphatic rings. The number of rotatable bonds is 4. The number of nitrogens with zero attached hydrogens (tertiary/aromatic N) is 2. The Kier molecular flexibility index (Phi) is 4.23. The van der Waals surface area contributed by atoms with Gasteiger partial charge in [-0.2, -0.15) is 0 Å². The highest BCUT2D eigenvalue weighted by Crippen LogP contribution is 2.16. The van der Waals surface area contributed by atoms with E-state index in [1.54, 1.807) is 0 Å². The Morgan fingerprint density at radius 3 is 2.60 bits per heavy atom. The van der Waals surface area contributed by atoms with Crippen LogP contribution in [0.5, 0.6) is 0 Å². The van der Waals surface area contributed by atoms with Crippen molar-refractivity contribution in [2.45, 2.75) is 33.2 Å². The molecule has 0 aliphatic heterocycles. The van der Waals surface area contributed by atoms with Gasteiger partial charge >= 0.3 is 0 Å². The quantitative estimate of drug-likeness (QED) is 0.929. The molecule has 20 heavy (non-hydrogen) atoms. The van der Waals surface area contributed by atoms with Crippen LogP contribution in [0, 0.1) is 13.8 Å². The predicted molar refractivity (Wildman–Crippen MR) is 79.6 cm³/mol. The van der Waals surface area contributed by atoms with Crippen molar-refractivity contribution in [3.8, 4) is 0 Å². The third-order valence-electron chi connectivity index (χ3n) is 3.63. The van der Waals surface area contributed by atoms with E-state index >= 15 is 0 Å². The van der Waals surface area contributed by atoms with E-state index in [-0.39, 0.29) is 11.9 Å². The summed E-state index contributed by atoms with van der Waals surface area (Å²) in [6, 6.07) is 5.79. The molecule has 0 spiro atoms. The zero-order valence-corrected chi connectivity index (χ0v) is 12.5. The van der Waals surface area contributed by atoms with Crippen LogP contribution in [0.4, 0.5) is 0 Å². The minimum Gasteiger partial charge on any atom is -0.354 e. The van der Waals surface area contributed by atoms with Gasteiger partial charge < -0.3 is 9.88 Å². The Hall–Kier alpha value is -2.10. The Balaban J connectivity index is 2.16. The van der Waals surface area contributed by atoms with Gasteiger partial charge in [0, 0.05) is 25.1 Å². The first kappa shape index (κ1) is 14.3. The molecule has 0 aromatic carbocycles. The Morgan fingerprint density at radius 2 is 2.10 bits per heavy atom. The van der Waals surface area contributed by atoms with E-state index in [1.165, 1.54) is 0 Å². The SMILES string of the molecule is CC[C@H](NC(=O)c1ccn(C)c1C)c1ccc(C)cn1. The number of amides is 1. The number of aryl methyl sites for hydroxylation is 2. The van der Waals surface area contributed by atoms with Crippen LogP contribution >= 0.6 is 0 Å². The first-order chi connectivity index (χ1) is 9.52. The molecular weight excluding hydrogens is 250 g/mol. The highest BCUT2D eigenvalue weighted by Gasteiger charge is 2.17. The maximum absolute atomic E-state index is 12.3. The zero-order valence-electron chi connectivity index (χ0n) is 12.5. The molecule has 0 radical (unpaired) electrons. The molecule has 0 bridgehead atoms. The van der Waals surface area contributed by atoms with E-state index in [1.807, 2.05) is 63.0 Å². The van der Waals surface area contributed by atoms with E-state index in [0.29, 0.717) is 0 Å². The molecule has 0 unspecified atom stereocenters. The number of pyridine rings is 1. The third kappa shape index (κ3) is 2.90. The standard InChI is InChI=1S/C16H21N3O/c1-5-14(15-7-6-11(2)10-17-15)18-16(20)13-8-9-19(4)12(13)3/h6-10,14H,5H2,1-4H3,(H,18,20)/t14-/m0/s1. The van der Waals surface area contributed by atoms with Crippen LogP contribution in [0.1, 0.15) is 46.7 Å². The lowest BCUT2D eigenvalue weighted by molar-refractivity contribution is 0.0934. The van der Waals surface area contributed by atoms with Crippen molar-refractivity contribution in [2.24, 2.45) is 7.05 Å². The number of hydrogen-bond donors (Lipinski definition) is 1. The van der Waals surface area contributed by atoms with E-state index in [0.717, 1.165) is 28.9 Å². The van der Waals surface area contributed by atoms with Crippen molar-refractivity contribution in [3.63, 3.8) is 0 Å². The van der Waals surface area contributed by atoms with Gasteiger partial charge in [-0.3, -0.25) is 9.78 Å². The molecule has 4 nitrogen and oxygen atoms in total. The molecule has 2 aromatic heterocycles. The van der Waals surface area contributed by atoms with Crippen LogP contribution in [0.25, 0.3) is 0 Å². The molecule has 2 rings (SSSR count). The van der Waals surface area contributed by atoms with Gasteiger partial charge in [0.15, 0.2) is 0 Å². The second kappa shape index (κ2) is 5.90. The number of hydrogen-bond acceptors (Lipinski definition) is 2. The van der Waals surface area contributed by atoms with E-state index in [2.05, 4.69) is 10.3 Å². The number of carbonyl (C=O) groups is 1. The van der Waals surface area contributed by atoms with Crippen LogP contribution in [0.15, 0.2) is 30.6 Å². The van der Waals surface area contributed by atoms with Gasteiger partial charge in [-0.1, -0.05) is 13.0 Å². The number of aromatic nitrogens is 2. The normalized spacial score (nSPS) is 12.2. The lowest BCUT2D eigenvalue weighted by atomic mass is 10.1. The average Bonchev–Trinajstić information content (AvgIpc) is 2.77. The van der Waals surface area contributed by atoms with Crippen LogP contribution in [-0.2, 0) is 7.05 Å². The summed E-state index contributed by atoms with van der Waals surface area (Å²) in [5, 5.41) is 3.06. The average molecular weight is 271 g/mol. The van der Waals surface area contributed by atoms with Crippen LogP contribution in [-0.4, -0.2) is 15.5 Å². The van der Waals surface area contributed by atoms with Gasteiger partial charge in [-0.15, -0.1) is 0 Å². The van der Waals surface area contributed by atoms with Gasteiger partial charge in [-0.25, -0.2) is 0 Å². The molecule has 2 heterocycles. The second-order valence-corrected chi connectivity index (χ2v) is 5.12. The number of carbonyl (C=O) groups excluding carboxylic acids is 1. The van der Waals surface area contributed by atoms with Crippen molar-refractivity contribution < 1.29 is 4.79 Å². The first-order valence-electron chi connectivity index (χ1n) is 6.88. The molecule has 0 fully saturated rings. The molecule has 0 aliphatic carbocycles. The maximum atomic E-state index is 12.3. The summed E-state index contributed by atoms with van der Waals surface area (Å²) in [5.41, 5.74) is 3.71. The highest BCUT2D eigenvalue weighted by atomic mass is 16.1. The van der Waals surface area contributed by atoms with Crippen molar-refractivity contribution in [1.82, 2.24) is 14.9 Å². The minimum absolute atomic E-state index is 0.0441. The zero-order chi connectivity index (χ0) is 14.7. The molecule has 1 amide bonds. The smallest absolute Gasteiger partial charge is 0.253 e. The predicted octanol–water partition coefficient (Wildman–Crippen LogP) is 2.92. The van der Waals surface area contributed by atoms with E-state index < -0.39 is 0 Å². The fourth-order valence-electron chi connectivity index (χ4n) is 2.16. The molecule has 0 saturated heterocycles. The molecule has 4 heteroatoms. The molecule has 106 valence electrons. The Morgan fingerprint density at radius 1 is 1.35 bits per heavy atom. The van der Waals surface area contributed by atoms with Crippen molar-refractivity contribution in [1.29, 1.82) is 0 Å². The molecular formula is C16H21N3O. The summed E-state index contributed by atoms with van der Waals surface area (Å²) in [6.07, 6.45) is 4.54. The summed E-state index contributed by atoms with van der Waals surface area (Å²) >= 11 is 0. The number of nitrogens with one attached hydrogen (secondary N) is 1. The third-order valence-corrected chi connectivity index (χ3v) is 3.63. The molecule has 1 N–H and O–H groups in total. The first-order valence-corrected chi connectivity index (χ1v) is 6.88. The lowest BCUT2D eigenvalue weighted by Crippen LogP contribution is -2.29. The highest BCUT2D eigenvalue weighted by molar-refractivity contribution is 5.95. The maximum Gasteiger partial charge on any atom is 0.253 e. The lowest BCUT2D eigenvalue weighted by Gasteiger charge is -2.16. The van der Waals surface area contributed by atoms with Crippen LogP contribution in [0.3, 0.4) is 0 Å². The Bertz CT molecular complexity index is 599. The van der Waals surface area contributed by atoms with Crippen LogP contribution < -0.4 is 5.32 Å². The minimum atomic E-state index is -0.0530. The van der Waals surface area contributed by atoms with E-state index in [9.17, 15) is 4.79 Å². The van der Waals surface area contributed by atoms with Gasteiger partial charge in [0.2, 0.25) is 0 Å². The van der Waals surface area contributed by atoms with Gasteiger partial charge in [-0.05, 0) is 38.0 Å². The summed E-state index contributed by atoms with van der Waals surface area (Å²) in [4.78, 5) is 16.7. The fraction of sp³-hybridized carbons (Fsp3) is 0.375. The van der Waals surface area contributed by atoms with Gasteiger partial charge in [0.1, 0.15) is 0 Å². The summed E-state index contributed by atoms with van der Waals surface area (Å²) in [5.74, 6) is -0.0441. The Labute approximate surface area is 119 Å². The fourth-order valence-corrected chi connectivity index (χ4v) is 2.16. The monoisotopic (exact) mass is 271 g/mol. The molecule has 1 atom stereocenters. The summed E-state index contributed by atoms with van der Waals surface area (Å²) in [6.45, 7) is 5.99. The summed E-state index contributed by atoms with van der Waals surface area (Å²) in [7, 11) is 1.94.